The lowest BCUT2D eigenvalue weighted by Gasteiger charge is -2.12. The van der Waals surface area contributed by atoms with Gasteiger partial charge in [0.15, 0.2) is 0 Å². The highest BCUT2D eigenvalue weighted by Gasteiger charge is 2.14. The Labute approximate surface area is 116 Å². The molecule has 0 aliphatic rings. The van der Waals surface area contributed by atoms with Crippen molar-refractivity contribution in [1.82, 2.24) is 14.5 Å². The average molecular weight is 285 g/mol. The molecule has 7 heteroatoms. The molecule has 19 heavy (non-hydrogen) atoms. The summed E-state index contributed by atoms with van der Waals surface area (Å²) in [7, 11) is 1.58. The smallest absolute Gasteiger partial charge is 0.223 e. The Morgan fingerprint density at radius 2 is 2.26 bits per heavy atom. The van der Waals surface area contributed by atoms with Gasteiger partial charge >= 0.3 is 0 Å². The van der Waals surface area contributed by atoms with Gasteiger partial charge in [-0.15, -0.1) is 0 Å². The van der Waals surface area contributed by atoms with Gasteiger partial charge in [0.25, 0.3) is 0 Å². The first-order chi connectivity index (χ1) is 9.06. The minimum absolute atomic E-state index is 0.00738. The molecule has 0 aliphatic heterocycles. The van der Waals surface area contributed by atoms with E-state index in [9.17, 15) is 0 Å². The van der Waals surface area contributed by atoms with E-state index in [4.69, 9.17) is 27.2 Å². The van der Waals surface area contributed by atoms with Crippen molar-refractivity contribution in [3.63, 3.8) is 0 Å². The predicted molar refractivity (Wildman–Crippen MR) is 74.2 cm³/mol. The third kappa shape index (κ3) is 2.80. The van der Waals surface area contributed by atoms with Crippen LogP contribution in [-0.4, -0.2) is 39.5 Å². The van der Waals surface area contributed by atoms with Crippen molar-refractivity contribution in [2.45, 2.75) is 26.0 Å². The van der Waals surface area contributed by atoms with Crippen molar-refractivity contribution >= 4 is 28.6 Å². The van der Waals surface area contributed by atoms with Gasteiger partial charge < -0.3 is 20.1 Å². The van der Waals surface area contributed by atoms with Crippen molar-refractivity contribution in [2.75, 3.05) is 19.5 Å². The molecule has 0 radical (unpaired) electrons. The van der Waals surface area contributed by atoms with Crippen LogP contribution < -0.4 is 5.73 Å². The van der Waals surface area contributed by atoms with E-state index < -0.39 is 0 Å². The Balaban J connectivity index is 2.34. The second-order valence-corrected chi connectivity index (χ2v) is 4.76. The molecule has 0 aliphatic carbocycles. The number of anilines is 1. The molecule has 1 unspecified atom stereocenters. The van der Waals surface area contributed by atoms with E-state index in [1.807, 2.05) is 17.7 Å². The molecule has 0 saturated heterocycles. The van der Waals surface area contributed by atoms with Crippen molar-refractivity contribution in [1.29, 1.82) is 0 Å². The summed E-state index contributed by atoms with van der Waals surface area (Å²) >= 11 is 6.09. The maximum Gasteiger partial charge on any atom is 0.223 e. The fraction of sp³-hybridized carbons (Fsp3) is 0.500. The number of ether oxygens (including phenoxy) is 1. The number of aryl methyl sites for hydroxylation is 2. The van der Waals surface area contributed by atoms with Gasteiger partial charge in [-0.2, -0.15) is 4.98 Å². The second-order valence-electron chi connectivity index (χ2n) is 4.41. The highest BCUT2D eigenvalue weighted by atomic mass is 35.5. The van der Waals surface area contributed by atoms with Crippen LogP contribution in [0.1, 0.15) is 12.0 Å². The standard InChI is InChI=1S/C12H17ClN4O2/c1-7-5-17(4-3-8(6-18)19-2)11-9(7)10(13)15-12(14)16-11/h5,8,18H,3-4,6H2,1-2H3,(H2,14,15,16). The van der Waals surface area contributed by atoms with Crippen molar-refractivity contribution in [2.24, 2.45) is 0 Å². The molecule has 0 aromatic carbocycles. The number of halogens is 1. The zero-order valence-corrected chi connectivity index (χ0v) is 11.7. The van der Waals surface area contributed by atoms with Gasteiger partial charge in [-0.1, -0.05) is 11.6 Å². The van der Waals surface area contributed by atoms with Gasteiger partial charge in [0.1, 0.15) is 10.8 Å². The van der Waals surface area contributed by atoms with E-state index >= 15 is 0 Å². The van der Waals surface area contributed by atoms with Crippen LogP contribution in [-0.2, 0) is 11.3 Å². The number of aromatic nitrogens is 3. The predicted octanol–water partition coefficient (Wildman–Crippen LogP) is 1.37. The number of fused-ring (bicyclic) bond motifs is 1. The molecule has 0 bridgehead atoms. The minimum Gasteiger partial charge on any atom is -0.394 e. The topological polar surface area (TPSA) is 86.2 Å². The number of nitrogen functional groups attached to an aromatic ring is 1. The maximum atomic E-state index is 9.11. The number of hydrogen-bond donors (Lipinski definition) is 2. The third-order valence-corrected chi connectivity index (χ3v) is 3.38. The monoisotopic (exact) mass is 284 g/mol. The van der Waals surface area contributed by atoms with Gasteiger partial charge in [0, 0.05) is 19.9 Å². The first-order valence-electron chi connectivity index (χ1n) is 5.99. The quantitative estimate of drug-likeness (QED) is 0.810. The summed E-state index contributed by atoms with van der Waals surface area (Å²) in [6.07, 6.45) is 2.44. The van der Waals surface area contributed by atoms with Crippen LogP contribution in [0.15, 0.2) is 6.20 Å². The normalized spacial score (nSPS) is 13.1. The SMILES string of the molecule is COC(CO)CCn1cc(C)c2c(Cl)nc(N)nc21. The van der Waals surface area contributed by atoms with Crippen LogP contribution >= 0.6 is 11.6 Å². The Morgan fingerprint density at radius 1 is 1.53 bits per heavy atom. The Bertz CT molecular complexity index is 581. The van der Waals surface area contributed by atoms with E-state index in [-0.39, 0.29) is 18.7 Å². The van der Waals surface area contributed by atoms with Gasteiger partial charge in [0.2, 0.25) is 5.95 Å². The zero-order chi connectivity index (χ0) is 14.0. The molecule has 6 nitrogen and oxygen atoms in total. The molecule has 2 aromatic rings. The van der Waals surface area contributed by atoms with Crippen LogP contribution in [0.2, 0.25) is 5.15 Å². The number of rotatable bonds is 5. The first-order valence-corrected chi connectivity index (χ1v) is 6.36. The summed E-state index contributed by atoms with van der Waals surface area (Å²) in [5.41, 5.74) is 7.34. The molecule has 104 valence electrons. The lowest BCUT2D eigenvalue weighted by Crippen LogP contribution is -2.18. The average Bonchev–Trinajstić information content (AvgIpc) is 2.67. The Kier molecular flexibility index (Phi) is 4.24. The molecule has 2 rings (SSSR count). The van der Waals surface area contributed by atoms with Crippen molar-refractivity contribution in [3.05, 3.63) is 16.9 Å². The fourth-order valence-corrected chi connectivity index (χ4v) is 2.40. The Morgan fingerprint density at radius 3 is 2.89 bits per heavy atom. The molecule has 0 fully saturated rings. The van der Waals surface area contributed by atoms with Crippen LogP contribution in [0.3, 0.4) is 0 Å². The van der Waals surface area contributed by atoms with Gasteiger partial charge in [-0.05, 0) is 18.9 Å². The number of nitrogens with zero attached hydrogens (tertiary/aromatic N) is 3. The first kappa shape index (κ1) is 14.0. The number of aliphatic hydroxyl groups is 1. The summed E-state index contributed by atoms with van der Waals surface area (Å²) in [5, 5.41) is 10.3. The largest absolute Gasteiger partial charge is 0.394 e. The highest BCUT2D eigenvalue weighted by molar-refractivity contribution is 6.34. The molecule has 2 heterocycles. The van der Waals surface area contributed by atoms with E-state index in [1.165, 1.54) is 0 Å². The van der Waals surface area contributed by atoms with E-state index in [2.05, 4.69) is 9.97 Å². The molecule has 2 aromatic heterocycles. The lowest BCUT2D eigenvalue weighted by atomic mass is 10.2. The molecular weight excluding hydrogens is 268 g/mol. The van der Waals surface area contributed by atoms with Gasteiger partial charge in [-0.25, -0.2) is 4.98 Å². The van der Waals surface area contributed by atoms with E-state index in [0.29, 0.717) is 23.8 Å². The molecular formula is C12H17ClN4O2. The van der Waals surface area contributed by atoms with Gasteiger partial charge in [0.05, 0.1) is 18.1 Å². The van der Waals surface area contributed by atoms with Crippen LogP contribution in [0.4, 0.5) is 5.95 Å². The Hall–Kier alpha value is -1.37. The zero-order valence-electron chi connectivity index (χ0n) is 10.9. The minimum atomic E-state index is -0.188. The van der Waals surface area contributed by atoms with Crippen LogP contribution in [0.25, 0.3) is 11.0 Å². The summed E-state index contributed by atoms with van der Waals surface area (Å²) < 4.78 is 7.10. The highest BCUT2D eigenvalue weighted by Crippen LogP contribution is 2.26. The lowest BCUT2D eigenvalue weighted by molar-refractivity contribution is 0.0405. The summed E-state index contributed by atoms with van der Waals surface area (Å²) in [6, 6.07) is 0. The van der Waals surface area contributed by atoms with Gasteiger partial charge in [-0.3, -0.25) is 0 Å². The third-order valence-electron chi connectivity index (χ3n) is 3.11. The second kappa shape index (κ2) is 5.73. The number of aliphatic hydroxyl groups excluding tert-OH is 1. The molecule has 1 atom stereocenters. The summed E-state index contributed by atoms with van der Waals surface area (Å²) in [4.78, 5) is 8.19. The molecule has 0 spiro atoms. The fourth-order valence-electron chi connectivity index (χ4n) is 2.08. The van der Waals surface area contributed by atoms with Crippen molar-refractivity contribution in [3.8, 4) is 0 Å². The molecule has 3 N–H and O–H groups in total. The number of methoxy groups -OCH3 is 1. The number of hydrogen-bond acceptors (Lipinski definition) is 5. The van der Waals surface area contributed by atoms with E-state index in [0.717, 1.165) is 10.9 Å². The van der Waals surface area contributed by atoms with Crippen LogP contribution in [0.5, 0.6) is 0 Å². The van der Waals surface area contributed by atoms with Crippen molar-refractivity contribution < 1.29 is 9.84 Å². The molecule has 0 amide bonds. The number of nitrogens with two attached hydrogens (primary N) is 1. The van der Waals surface area contributed by atoms with E-state index in [1.54, 1.807) is 7.11 Å². The summed E-state index contributed by atoms with van der Waals surface area (Å²) in [5.74, 6) is 0.155. The maximum absolute atomic E-state index is 9.11. The molecule has 0 saturated carbocycles. The summed E-state index contributed by atoms with van der Waals surface area (Å²) in [6.45, 7) is 2.60. The van der Waals surface area contributed by atoms with Crippen LogP contribution in [0, 0.1) is 6.92 Å².